The number of quaternary nitrogens is 1. The molecule has 1 amide bonds. The van der Waals surface area contributed by atoms with E-state index >= 15 is 0 Å². The monoisotopic (exact) mass is 486 g/mol. The molecule has 0 radical (unpaired) electrons. The Morgan fingerprint density at radius 3 is 2.59 bits per heavy atom. The highest BCUT2D eigenvalue weighted by Crippen LogP contribution is 2.41. The Kier molecular flexibility index (Phi) is 7.87. The lowest BCUT2D eigenvalue weighted by Gasteiger charge is -2.30. The second kappa shape index (κ2) is 11.0. The molecule has 2 aliphatic rings. The number of hydrogen-bond acceptors (Lipinski definition) is 7. The van der Waals surface area contributed by atoms with Gasteiger partial charge in [-0.2, -0.15) is 0 Å². The Hall–Kier alpha value is -2.88. The number of carbonyl (C=O) groups is 2. The predicted molar refractivity (Wildman–Crippen MR) is 125 cm³/mol. The van der Waals surface area contributed by atoms with Gasteiger partial charge in [0.25, 0.3) is 0 Å². The first-order valence-electron chi connectivity index (χ1n) is 11.7. The van der Waals surface area contributed by atoms with E-state index < -0.39 is 23.5 Å². The summed E-state index contributed by atoms with van der Waals surface area (Å²) in [6.07, 6.45) is 0. The van der Waals surface area contributed by atoms with Crippen LogP contribution in [-0.2, 0) is 9.53 Å². The Bertz CT molecular complexity index is 1050. The van der Waals surface area contributed by atoms with E-state index in [1.165, 1.54) is 21.1 Å². The number of morpholine rings is 1. The normalized spacial score (nSPS) is 19.1. The molecule has 0 spiro atoms. The molecule has 1 N–H and O–H groups in total. The number of hydrogen-bond donors (Lipinski definition) is 1. The maximum atomic E-state index is 13.4. The van der Waals surface area contributed by atoms with Crippen molar-refractivity contribution in [3.8, 4) is 11.5 Å². The maximum Gasteiger partial charge on any atom is 0.240 e. The minimum Gasteiger partial charge on any atom is -0.868 e. The van der Waals surface area contributed by atoms with E-state index in [2.05, 4.69) is 0 Å². The first-order chi connectivity index (χ1) is 16.5. The zero-order valence-corrected chi connectivity index (χ0v) is 20.3. The first kappa shape index (κ1) is 24.3. The highest BCUT2D eigenvalue weighted by atomic mass is 32.1. The molecule has 34 heavy (non-hydrogen) atoms. The van der Waals surface area contributed by atoms with E-state index in [-0.39, 0.29) is 5.57 Å². The molecule has 182 valence electrons. The summed E-state index contributed by atoms with van der Waals surface area (Å²) in [5.41, 5.74) is 0.652. The quantitative estimate of drug-likeness (QED) is 0.501. The van der Waals surface area contributed by atoms with Crippen LogP contribution in [-0.4, -0.2) is 69.2 Å². The van der Waals surface area contributed by atoms with Gasteiger partial charge in [0, 0.05) is 5.57 Å². The van der Waals surface area contributed by atoms with Crippen LogP contribution in [0.3, 0.4) is 0 Å². The van der Waals surface area contributed by atoms with Crippen molar-refractivity contribution in [2.24, 2.45) is 0 Å². The first-order valence-corrected chi connectivity index (χ1v) is 12.5. The minimum absolute atomic E-state index is 0.00367. The van der Waals surface area contributed by atoms with Crippen LogP contribution in [0.1, 0.15) is 35.1 Å². The van der Waals surface area contributed by atoms with Crippen molar-refractivity contribution in [3.63, 3.8) is 0 Å². The van der Waals surface area contributed by atoms with Crippen LogP contribution >= 0.6 is 11.3 Å². The fourth-order valence-electron chi connectivity index (χ4n) is 4.41. The van der Waals surface area contributed by atoms with Crippen molar-refractivity contribution in [1.82, 2.24) is 4.90 Å². The Morgan fingerprint density at radius 2 is 1.91 bits per heavy atom. The van der Waals surface area contributed by atoms with Crippen LogP contribution in [0.25, 0.3) is 0 Å². The predicted octanol–water partition coefficient (Wildman–Crippen LogP) is 0.841. The lowest BCUT2D eigenvalue weighted by molar-refractivity contribution is -0.907. The summed E-state index contributed by atoms with van der Waals surface area (Å²) in [4.78, 5) is 29.8. The summed E-state index contributed by atoms with van der Waals surface area (Å²) in [6.45, 7) is 8.76. The number of ether oxygens (including phenoxy) is 3. The molecular formula is C25H30N2O6S. The largest absolute Gasteiger partial charge is 0.868 e. The summed E-state index contributed by atoms with van der Waals surface area (Å²) >= 11 is 1.26. The molecule has 1 saturated heterocycles. The molecule has 8 nitrogen and oxygen atoms in total. The van der Waals surface area contributed by atoms with Gasteiger partial charge in [-0.1, -0.05) is 12.1 Å². The van der Waals surface area contributed by atoms with Crippen LogP contribution in [0, 0.1) is 0 Å². The molecular weight excluding hydrogens is 456 g/mol. The number of amides is 1. The van der Waals surface area contributed by atoms with Gasteiger partial charge in [0.05, 0.1) is 50.4 Å². The van der Waals surface area contributed by atoms with Crippen molar-refractivity contribution < 1.29 is 33.8 Å². The van der Waals surface area contributed by atoms with Gasteiger partial charge in [-0.05, 0) is 48.7 Å². The van der Waals surface area contributed by atoms with Crippen molar-refractivity contribution in [2.75, 3.05) is 52.6 Å². The molecule has 9 heteroatoms. The van der Waals surface area contributed by atoms with Crippen LogP contribution in [0.15, 0.2) is 47.0 Å². The van der Waals surface area contributed by atoms with Crippen LogP contribution < -0.4 is 19.5 Å². The number of rotatable bonds is 10. The molecule has 1 fully saturated rings. The minimum atomic E-state index is -0.773. The molecule has 3 heterocycles. The highest BCUT2D eigenvalue weighted by molar-refractivity contribution is 7.12. The third kappa shape index (κ3) is 4.96. The van der Waals surface area contributed by atoms with Gasteiger partial charge in [0.1, 0.15) is 13.1 Å². The van der Waals surface area contributed by atoms with E-state index in [1.807, 2.05) is 13.8 Å². The molecule has 0 saturated carbocycles. The molecule has 0 aliphatic carbocycles. The fraction of sp³-hybridized carbons (Fsp3) is 0.440. The number of benzene rings is 1. The van der Waals surface area contributed by atoms with E-state index in [0.29, 0.717) is 61.5 Å². The standard InChI is InChI=1S/C25H30N2O6S/c1-3-32-18-8-7-17(16-19(18)33-4-2)22-21(23(28)20-6-5-15-34-20)24(29)25(30)27(22)10-9-26-11-13-31-14-12-26/h5-8,15-16,22,29H,3-4,9-14H2,1-2H3. The molecule has 1 atom stereocenters. The van der Waals surface area contributed by atoms with Gasteiger partial charge in [0.2, 0.25) is 11.7 Å². The van der Waals surface area contributed by atoms with Gasteiger partial charge in [0.15, 0.2) is 11.5 Å². The Labute approximate surface area is 203 Å². The van der Waals surface area contributed by atoms with E-state index in [4.69, 9.17) is 14.2 Å². The van der Waals surface area contributed by atoms with Crippen molar-refractivity contribution in [1.29, 1.82) is 0 Å². The van der Waals surface area contributed by atoms with Crippen molar-refractivity contribution in [3.05, 3.63) is 57.5 Å². The third-order valence-electron chi connectivity index (χ3n) is 6.06. The highest BCUT2D eigenvalue weighted by Gasteiger charge is 2.40. The van der Waals surface area contributed by atoms with Gasteiger partial charge >= 0.3 is 0 Å². The fourth-order valence-corrected chi connectivity index (χ4v) is 5.09. The zero-order valence-electron chi connectivity index (χ0n) is 19.5. The molecule has 4 rings (SSSR count). The average Bonchev–Trinajstić information content (AvgIpc) is 3.47. The molecule has 1 unspecified atom stereocenters. The zero-order chi connectivity index (χ0) is 24.1. The van der Waals surface area contributed by atoms with Crippen LogP contribution in [0.5, 0.6) is 11.5 Å². The molecule has 1 aromatic carbocycles. The topological polar surface area (TPSA) is 92.6 Å². The van der Waals surface area contributed by atoms with Crippen molar-refractivity contribution in [2.45, 2.75) is 19.9 Å². The Morgan fingerprint density at radius 1 is 1.18 bits per heavy atom. The van der Waals surface area contributed by atoms with Gasteiger partial charge in [-0.3, -0.25) is 9.59 Å². The third-order valence-corrected chi connectivity index (χ3v) is 6.93. The summed E-state index contributed by atoms with van der Waals surface area (Å²) in [7, 11) is 0. The molecule has 0 bridgehead atoms. The Balaban J connectivity index is 1.71. The van der Waals surface area contributed by atoms with E-state index in [1.54, 1.807) is 35.7 Å². The van der Waals surface area contributed by atoms with Gasteiger partial charge < -0.3 is 29.1 Å². The molecule has 2 aliphatic heterocycles. The van der Waals surface area contributed by atoms with Gasteiger partial charge in [-0.15, -0.1) is 11.3 Å². The van der Waals surface area contributed by atoms with E-state index in [0.717, 1.165) is 13.1 Å². The summed E-state index contributed by atoms with van der Waals surface area (Å²) in [5.74, 6) is -0.655. The number of nitrogens with one attached hydrogen (secondary N) is 1. The van der Waals surface area contributed by atoms with Crippen LogP contribution in [0.4, 0.5) is 0 Å². The smallest absolute Gasteiger partial charge is 0.240 e. The lowest BCUT2D eigenvalue weighted by Crippen LogP contribution is -3.14. The van der Waals surface area contributed by atoms with Crippen LogP contribution in [0.2, 0.25) is 0 Å². The number of Topliss-reactive ketones (excluding diaryl/α,β-unsaturated/α-hetero) is 1. The number of carbonyl (C=O) groups excluding carboxylic acids is 2. The average molecular weight is 487 g/mol. The number of thiophene rings is 1. The lowest BCUT2D eigenvalue weighted by atomic mass is 9.95. The maximum absolute atomic E-state index is 13.4. The second-order valence-electron chi connectivity index (χ2n) is 8.13. The van der Waals surface area contributed by atoms with Gasteiger partial charge in [-0.25, -0.2) is 0 Å². The summed E-state index contributed by atoms with van der Waals surface area (Å²) in [6, 6.07) is 8.03. The van der Waals surface area contributed by atoms with Crippen molar-refractivity contribution >= 4 is 23.0 Å². The number of ketones is 1. The molecule has 2 aromatic rings. The summed E-state index contributed by atoms with van der Waals surface area (Å²) < 4.78 is 16.9. The molecule has 1 aromatic heterocycles. The summed E-state index contributed by atoms with van der Waals surface area (Å²) in [5, 5.41) is 14.9. The SMILES string of the molecule is CCOc1ccc(C2C(C(=O)c3cccs3)=C([O-])C(=O)N2CC[NH+]2CCOCC2)cc1OCC. The van der Waals surface area contributed by atoms with E-state index in [9.17, 15) is 14.7 Å². The second-order valence-corrected chi connectivity index (χ2v) is 9.08. The number of nitrogens with zero attached hydrogens (tertiary/aromatic N) is 1.